The molecule has 0 saturated carbocycles. The van der Waals surface area contributed by atoms with Crippen molar-refractivity contribution in [2.45, 2.75) is 5.33 Å². The maximum absolute atomic E-state index is 5.26. The third-order valence-corrected chi connectivity index (χ3v) is 4.25. The molecule has 0 amide bonds. The Morgan fingerprint density at radius 1 is 1.16 bits per heavy atom. The monoisotopic (exact) mass is 383 g/mol. The van der Waals surface area contributed by atoms with Gasteiger partial charge in [0.1, 0.15) is 5.75 Å². The molecule has 0 spiro atoms. The minimum atomic E-state index is 0.856. The van der Waals surface area contributed by atoms with E-state index in [1.165, 1.54) is 5.56 Å². The predicted octanol–water partition coefficient (Wildman–Crippen LogP) is 5.12. The summed E-state index contributed by atoms with van der Waals surface area (Å²) in [6.07, 6.45) is 0. The molecular weight excluding hydrogens is 370 g/mol. The van der Waals surface area contributed by atoms with Gasteiger partial charge in [0.05, 0.1) is 12.8 Å². The minimum absolute atomic E-state index is 0.856. The second-order valence-electron chi connectivity index (χ2n) is 4.18. The lowest BCUT2D eigenvalue weighted by molar-refractivity contribution is 0.415. The number of methoxy groups -OCH3 is 1. The highest BCUT2D eigenvalue weighted by Crippen LogP contribution is 2.33. The molecule has 2 nitrogen and oxygen atoms in total. The van der Waals surface area contributed by atoms with Crippen LogP contribution in [0.5, 0.6) is 5.75 Å². The van der Waals surface area contributed by atoms with E-state index in [1.54, 1.807) is 7.11 Å². The zero-order valence-corrected chi connectivity index (χ0v) is 14.0. The molecular formula is C15H15Br2NO. The molecule has 0 atom stereocenters. The van der Waals surface area contributed by atoms with E-state index >= 15 is 0 Å². The summed E-state index contributed by atoms with van der Waals surface area (Å²) in [4.78, 5) is 2.13. The highest BCUT2D eigenvalue weighted by molar-refractivity contribution is 9.10. The van der Waals surface area contributed by atoms with Gasteiger partial charge in [-0.25, -0.2) is 0 Å². The fourth-order valence-electron chi connectivity index (χ4n) is 1.86. The number of rotatable bonds is 4. The van der Waals surface area contributed by atoms with E-state index in [0.717, 1.165) is 26.9 Å². The van der Waals surface area contributed by atoms with Gasteiger partial charge in [-0.15, -0.1) is 0 Å². The van der Waals surface area contributed by atoms with Gasteiger partial charge >= 0.3 is 0 Å². The van der Waals surface area contributed by atoms with Crippen LogP contribution >= 0.6 is 31.9 Å². The molecule has 2 aromatic rings. The Kier molecular flexibility index (Phi) is 4.88. The van der Waals surface area contributed by atoms with Crippen LogP contribution in [0.25, 0.3) is 0 Å². The van der Waals surface area contributed by atoms with Gasteiger partial charge in [-0.3, -0.25) is 0 Å². The van der Waals surface area contributed by atoms with Crippen LogP contribution in [0.3, 0.4) is 0 Å². The van der Waals surface area contributed by atoms with Crippen LogP contribution in [0.1, 0.15) is 5.56 Å². The molecule has 0 aromatic heterocycles. The van der Waals surface area contributed by atoms with Crippen LogP contribution in [0, 0.1) is 0 Å². The molecule has 0 heterocycles. The van der Waals surface area contributed by atoms with Gasteiger partial charge in [0.2, 0.25) is 0 Å². The first-order chi connectivity index (χ1) is 9.15. The molecule has 0 fully saturated rings. The number of halogens is 2. The molecule has 4 heteroatoms. The second-order valence-corrected chi connectivity index (χ2v) is 5.59. The molecule has 0 bridgehead atoms. The van der Waals surface area contributed by atoms with E-state index in [0.29, 0.717) is 0 Å². The third-order valence-electron chi connectivity index (χ3n) is 2.97. The molecule has 19 heavy (non-hydrogen) atoms. The lowest BCUT2D eigenvalue weighted by Gasteiger charge is -2.21. The fraction of sp³-hybridized carbons (Fsp3) is 0.200. The number of benzene rings is 2. The quantitative estimate of drug-likeness (QED) is 0.678. The zero-order chi connectivity index (χ0) is 13.8. The Labute approximate surface area is 130 Å². The Balaban J connectivity index is 2.35. The molecule has 0 saturated heterocycles. The predicted molar refractivity (Wildman–Crippen MR) is 87.8 cm³/mol. The average Bonchev–Trinajstić information content (AvgIpc) is 2.46. The second kappa shape index (κ2) is 6.44. The highest BCUT2D eigenvalue weighted by Gasteiger charge is 2.09. The first-order valence-corrected chi connectivity index (χ1v) is 7.79. The zero-order valence-electron chi connectivity index (χ0n) is 10.9. The molecule has 0 aliphatic rings. The smallest absolute Gasteiger partial charge is 0.120 e. The fourth-order valence-corrected chi connectivity index (χ4v) is 2.90. The molecule has 0 aliphatic carbocycles. The maximum atomic E-state index is 5.26. The van der Waals surface area contributed by atoms with Crippen LogP contribution in [-0.2, 0) is 5.33 Å². The van der Waals surface area contributed by atoms with Crippen molar-refractivity contribution in [2.24, 2.45) is 0 Å². The minimum Gasteiger partial charge on any atom is -0.497 e. The lowest BCUT2D eigenvalue weighted by atomic mass is 10.2. The number of hydrogen-bond acceptors (Lipinski definition) is 2. The number of hydrogen-bond donors (Lipinski definition) is 0. The van der Waals surface area contributed by atoms with E-state index in [4.69, 9.17) is 4.74 Å². The van der Waals surface area contributed by atoms with Crippen molar-refractivity contribution >= 4 is 43.2 Å². The Hall–Kier alpha value is -1.000. The van der Waals surface area contributed by atoms with Crippen LogP contribution in [0.2, 0.25) is 0 Å². The summed E-state index contributed by atoms with van der Waals surface area (Å²) < 4.78 is 6.34. The van der Waals surface area contributed by atoms with E-state index in [-0.39, 0.29) is 0 Å². The van der Waals surface area contributed by atoms with Crippen molar-refractivity contribution in [2.75, 3.05) is 19.1 Å². The van der Waals surface area contributed by atoms with Gasteiger partial charge in [-0.05, 0) is 45.8 Å². The van der Waals surface area contributed by atoms with Crippen LogP contribution in [0.4, 0.5) is 11.4 Å². The highest BCUT2D eigenvalue weighted by atomic mass is 79.9. The summed E-state index contributed by atoms with van der Waals surface area (Å²) in [5.74, 6) is 0.859. The molecule has 100 valence electrons. The summed E-state index contributed by atoms with van der Waals surface area (Å²) in [7, 11) is 3.72. The van der Waals surface area contributed by atoms with Gasteiger partial charge in [0, 0.05) is 28.6 Å². The molecule has 2 aromatic carbocycles. The van der Waals surface area contributed by atoms with E-state index in [9.17, 15) is 0 Å². The first kappa shape index (κ1) is 14.4. The van der Waals surface area contributed by atoms with Crippen molar-refractivity contribution in [3.05, 3.63) is 52.5 Å². The van der Waals surface area contributed by atoms with Crippen molar-refractivity contribution in [3.63, 3.8) is 0 Å². The van der Waals surface area contributed by atoms with Gasteiger partial charge in [-0.2, -0.15) is 0 Å². The Bertz CT molecular complexity index is 572. The normalized spacial score (nSPS) is 10.3. The van der Waals surface area contributed by atoms with Crippen molar-refractivity contribution in [1.82, 2.24) is 0 Å². The molecule has 0 aliphatic heterocycles. The van der Waals surface area contributed by atoms with Crippen LogP contribution in [-0.4, -0.2) is 14.2 Å². The summed E-state index contributed by atoms with van der Waals surface area (Å²) in [6.45, 7) is 0. The van der Waals surface area contributed by atoms with Crippen LogP contribution < -0.4 is 9.64 Å². The van der Waals surface area contributed by atoms with E-state index < -0.39 is 0 Å². The number of alkyl halides is 1. The van der Waals surface area contributed by atoms with Gasteiger partial charge in [0.25, 0.3) is 0 Å². The molecule has 0 N–H and O–H groups in total. The number of nitrogens with zero attached hydrogens (tertiary/aromatic N) is 1. The van der Waals surface area contributed by atoms with Gasteiger partial charge < -0.3 is 9.64 Å². The standard InChI is InChI=1S/C15H15Br2NO/c1-18(12-4-3-5-13(9-12)19-2)15-7-6-11(10-16)8-14(15)17/h3-9H,10H2,1-2H3. The molecule has 0 unspecified atom stereocenters. The van der Waals surface area contributed by atoms with Crippen molar-refractivity contribution in [3.8, 4) is 5.75 Å². The van der Waals surface area contributed by atoms with E-state index in [1.807, 2.05) is 25.2 Å². The Morgan fingerprint density at radius 3 is 2.58 bits per heavy atom. The lowest BCUT2D eigenvalue weighted by Crippen LogP contribution is -2.10. The summed E-state index contributed by atoms with van der Waals surface area (Å²) in [5.41, 5.74) is 3.46. The maximum Gasteiger partial charge on any atom is 0.120 e. The van der Waals surface area contributed by atoms with Crippen molar-refractivity contribution in [1.29, 1.82) is 0 Å². The average molecular weight is 385 g/mol. The number of anilines is 2. The topological polar surface area (TPSA) is 12.5 Å². The number of ether oxygens (including phenoxy) is 1. The summed E-state index contributed by atoms with van der Waals surface area (Å²) in [5, 5.41) is 0.856. The molecule has 2 rings (SSSR count). The van der Waals surface area contributed by atoms with Crippen LogP contribution in [0.15, 0.2) is 46.9 Å². The first-order valence-electron chi connectivity index (χ1n) is 5.88. The van der Waals surface area contributed by atoms with Gasteiger partial charge in [-0.1, -0.05) is 28.1 Å². The largest absolute Gasteiger partial charge is 0.497 e. The third kappa shape index (κ3) is 3.31. The van der Waals surface area contributed by atoms with E-state index in [2.05, 4.69) is 61.0 Å². The van der Waals surface area contributed by atoms with Gasteiger partial charge in [0.15, 0.2) is 0 Å². The SMILES string of the molecule is COc1cccc(N(C)c2ccc(CBr)cc2Br)c1. The summed E-state index contributed by atoms with van der Waals surface area (Å²) in [6, 6.07) is 14.4. The van der Waals surface area contributed by atoms with Crippen molar-refractivity contribution < 1.29 is 4.74 Å². The molecule has 0 radical (unpaired) electrons. The summed E-state index contributed by atoms with van der Waals surface area (Å²) >= 11 is 7.09. The Morgan fingerprint density at radius 2 is 1.95 bits per heavy atom.